The summed E-state index contributed by atoms with van der Waals surface area (Å²) in [6.45, 7) is 2.50. The number of benzene rings is 3. The van der Waals surface area contributed by atoms with Gasteiger partial charge in [0.15, 0.2) is 0 Å². The lowest BCUT2D eigenvalue weighted by Crippen LogP contribution is -2.28. The van der Waals surface area contributed by atoms with Gasteiger partial charge < -0.3 is 19.5 Å². The summed E-state index contributed by atoms with van der Waals surface area (Å²) in [5, 5.41) is 2.72. The molecular formula is C26H26N2O5S. The van der Waals surface area contributed by atoms with E-state index in [0.717, 1.165) is 17.0 Å². The molecule has 1 aliphatic rings. The van der Waals surface area contributed by atoms with Crippen LogP contribution >= 0.6 is 11.8 Å². The van der Waals surface area contributed by atoms with Crippen LogP contribution in [0.1, 0.15) is 28.2 Å². The number of methoxy groups -OCH3 is 2. The van der Waals surface area contributed by atoms with Crippen LogP contribution in [0.15, 0.2) is 66.7 Å². The predicted molar refractivity (Wildman–Crippen MR) is 134 cm³/mol. The number of thioether (sulfide) groups is 1. The first-order valence-corrected chi connectivity index (χ1v) is 11.9. The van der Waals surface area contributed by atoms with Gasteiger partial charge in [0.25, 0.3) is 5.91 Å². The van der Waals surface area contributed by atoms with Crippen LogP contribution in [0.3, 0.4) is 0 Å². The molecule has 4 rings (SSSR count). The fraction of sp³-hybridized carbons (Fsp3) is 0.231. The Morgan fingerprint density at radius 3 is 2.32 bits per heavy atom. The van der Waals surface area contributed by atoms with Gasteiger partial charge in [0.2, 0.25) is 5.91 Å². The first-order valence-electron chi connectivity index (χ1n) is 10.8. The van der Waals surface area contributed by atoms with Crippen LogP contribution < -0.4 is 24.4 Å². The fourth-order valence-electron chi connectivity index (χ4n) is 3.76. The topological polar surface area (TPSA) is 77.1 Å². The van der Waals surface area contributed by atoms with Crippen LogP contribution in [-0.4, -0.2) is 38.4 Å². The van der Waals surface area contributed by atoms with E-state index in [-0.39, 0.29) is 17.2 Å². The maximum absolute atomic E-state index is 13.1. The summed E-state index contributed by atoms with van der Waals surface area (Å²) in [7, 11) is 3.07. The number of hydrogen-bond donors (Lipinski definition) is 1. The third kappa shape index (κ3) is 4.97. The average molecular weight is 479 g/mol. The lowest BCUT2D eigenvalue weighted by molar-refractivity contribution is -0.115. The van der Waals surface area contributed by atoms with E-state index in [9.17, 15) is 9.59 Å². The Balaban J connectivity index is 1.62. The zero-order valence-corrected chi connectivity index (χ0v) is 20.1. The number of hydrogen-bond acceptors (Lipinski definition) is 6. The minimum absolute atomic E-state index is 0.0119. The summed E-state index contributed by atoms with van der Waals surface area (Å²) in [5.74, 6) is 1.87. The van der Waals surface area contributed by atoms with E-state index < -0.39 is 0 Å². The van der Waals surface area contributed by atoms with Crippen molar-refractivity contribution in [2.24, 2.45) is 0 Å². The molecule has 1 saturated heterocycles. The maximum Gasteiger partial charge on any atom is 0.255 e. The van der Waals surface area contributed by atoms with Crippen LogP contribution in [0.25, 0.3) is 0 Å². The molecule has 1 N–H and O–H groups in total. The second-order valence-corrected chi connectivity index (χ2v) is 8.57. The lowest BCUT2D eigenvalue weighted by Gasteiger charge is -2.26. The zero-order valence-electron chi connectivity index (χ0n) is 19.2. The Morgan fingerprint density at radius 2 is 1.68 bits per heavy atom. The Bertz CT molecular complexity index is 1160. The molecule has 3 aromatic rings. The molecule has 0 aliphatic carbocycles. The first-order chi connectivity index (χ1) is 16.5. The van der Waals surface area contributed by atoms with Crippen molar-refractivity contribution in [3.63, 3.8) is 0 Å². The number of nitrogens with one attached hydrogen (secondary N) is 1. The highest BCUT2D eigenvalue weighted by molar-refractivity contribution is 8.00. The summed E-state index contributed by atoms with van der Waals surface area (Å²) >= 11 is 1.52. The van der Waals surface area contributed by atoms with Crippen LogP contribution in [0.2, 0.25) is 0 Å². The molecule has 3 aromatic carbocycles. The Hall–Kier alpha value is -3.65. The number of nitrogens with zero attached hydrogens (tertiary/aromatic N) is 1. The molecule has 8 heteroatoms. The van der Waals surface area contributed by atoms with Gasteiger partial charge in [0, 0.05) is 28.6 Å². The maximum atomic E-state index is 13.1. The smallest absolute Gasteiger partial charge is 0.255 e. The summed E-state index contributed by atoms with van der Waals surface area (Å²) in [6, 6.07) is 20.0. The number of carbonyl (C=O) groups is 2. The van der Waals surface area contributed by atoms with Crippen molar-refractivity contribution >= 4 is 35.0 Å². The van der Waals surface area contributed by atoms with Gasteiger partial charge in [0.05, 0.1) is 26.6 Å². The van der Waals surface area contributed by atoms with E-state index in [1.807, 2.05) is 55.5 Å². The van der Waals surface area contributed by atoms with Crippen LogP contribution in [0.4, 0.5) is 11.4 Å². The molecule has 0 aromatic heterocycles. The molecule has 1 aliphatic heterocycles. The number of anilines is 2. The molecule has 176 valence electrons. The summed E-state index contributed by atoms with van der Waals surface area (Å²) in [6.07, 6.45) is 0. The van der Waals surface area contributed by atoms with E-state index in [2.05, 4.69) is 5.32 Å². The van der Waals surface area contributed by atoms with E-state index in [1.54, 1.807) is 23.1 Å². The van der Waals surface area contributed by atoms with Crippen molar-refractivity contribution in [2.45, 2.75) is 12.3 Å². The molecule has 1 fully saturated rings. The lowest BCUT2D eigenvalue weighted by atomic mass is 10.1. The summed E-state index contributed by atoms with van der Waals surface area (Å²) in [4.78, 5) is 27.7. The molecule has 0 saturated carbocycles. The minimum Gasteiger partial charge on any atom is -0.497 e. The van der Waals surface area contributed by atoms with Gasteiger partial charge in [-0.1, -0.05) is 18.2 Å². The Kier molecular flexibility index (Phi) is 7.27. The number of ether oxygens (including phenoxy) is 3. The van der Waals surface area contributed by atoms with Crippen LogP contribution in [-0.2, 0) is 4.79 Å². The quantitative estimate of drug-likeness (QED) is 0.484. The number of rotatable bonds is 8. The number of carbonyl (C=O) groups excluding carboxylic acids is 2. The van der Waals surface area contributed by atoms with Crippen molar-refractivity contribution in [1.29, 1.82) is 0 Å². The molecule has 0 radical (unpaired) electrons. The molecule has 7 nitrogen and oxygen atoms in total. The Morgan fingerprint density at radius 1 is 1.00 bits per heavy atom. The monoisotopic (exact) mass is 478 g/mol. The zero-order chi connectivity index (χ0) is 24.1. The van der Waals surface area contributed by atoms with Crippen LogP contribution in [0.5, 0.6) is 17.2 Å². The largest absolute Gasteiger partial charge is 0.497 e. The van der Waals surface area contributed by atoms with Crippen LogP contribution in [0, 0.1) is 0 Å². The van der Waals surface area contributed by atoms with Gasteiger partial charge >= 0.3 is 0 Å². The molecule has 0 spiro atoms. The summed E-state index contributed by atoms with van der Waals surface area (Å²) < 4.78 is 16.1. The van der Waals surface area contributed by atoms with Crippen molar-refractivity contribution in [2.75, 3.05) is 36.8 Å². The highest BCUT2D eigenvalue weighted by atomic mass is 32.2. The highest BCUT2D eigenvalue weighted by Gasteiger charge is 2.35. The second kappa shape index (κ2) is 10.5. The van der Waals surface area contributed by atoms with Gasteiger partial charge in [-0.2, -0.15) is 0 Å². The molecule has 1 unspecified atom stereocenters. The standard InChI is InChI=1S/C26H26N2O5S/c1-4-33-19-11-9-18(10-12-19)28-24(29)16-34-26(28)22-7-5-6-8-23(22)27-25(30)17-13-20(31-2)15-21(14-17)32-3/h5-15,26H,4,16H2,1-3H3,(H,27,30). The van der Waals surface area contributed by atoms with E-state index >= 15 is 0 Å². The molecule has 1 heterocycles. The molecule has 1 atom stereocenters. The number of para-hydroxylation sites is 1. The van der Waals surface area contributed by atoms with Gasteiger partial charge in [-0.3, -0.25) is 14.5 Å². The SMILES string of the molecule is CCOc1ccc(N2C(=O)CSC2c2ccccc2NC(=O)c2cc(OC)cc(OC)c2)cc1. The second-order valence-electron chi connectivity index (χ2n) is 7.50. The van der Waals surface area contributed by atoms with Crippen molar-refractivity contribution < 1.29 is 23.8 Å². The normalized spacial score (nSPS) is 15.2. The van der Waals surface area contributed by atoms with Gasteiger partial charge in [0.1, 0.15) is 22.6 Å². The molecular weight excluding hydrogens is 452 g/mol. The van der Waals surface area contributed by atoms with Crippen molar-refractivity contribution in [3.05, 3.63) is 77.9 Å². The van der Waals surface area contributed by atoms with E-state index in [0.29, 0.717) is 35.1 Å². The Labute approximate surface area is 203 Å². The van der Waals surface area contributed by atoms with Gasteiger partial charge in [-0.25, -0.2) is 0 Å². The average Bonchev–Trinajstić information content (AvgIpc) is 3.25. The minimum atomic E-state index is -0.299. The van der Waals surface area contributed by atoms with E-state index in [1.165, 1.54) is 26.0 Å². The fourth-order valence-corrected chi connectivity index (χ4v) is 4.98. The molecule has 2 amide bonds. The highest BCUT2D eigenvalue weighted by Crippen LogP contribution is 2.44. The van der Waals surface area contributed by atoms with Gasteiger partial charge in [-0.15, -0.1) is 11.8 Å². The third-order valence-corrected chi connectivity index (χ3v) is 6.58. The van der Waals surface area contributed by atoms with Crippen molar-refractivity contribution in [1.82, 2.24) is 0 Å². The summed E-state index contributed by atoms with van der Waals surface area (Å²) in [5.41, 5.74) is 2.67. The van der Waals surface area contributed by atoms with E-state index in [4.69, 9.17) is 14.2 Å². The molecule has 0 bridgehead atoms. The predicted octanol–water partition coefficient (Wildman–Crippen LogP) is 5.13. The molecule has 34 heavy (non-hydrogen) atoms. The van der Waals surface area contributed by atoms with Gasteiger partial charge in [-0.05, 0) is 49.4 Å². The number of amides is 2. The first kappa shape index (κ1) is 23.5. The third-order valence-electron chi connectivity index (χ3n) is 5.38. The van der Waals surface area contributed by atoms with Crippen molar-refractivity contribution in [3.8, 4) is 17.2 Å².